The Bertz CT molecular complexity index is 1100. The number of ketones is 1. The number of nitrogens with zero attached hydrogens (tertiary/aromatic N) is 2. The molecule has 9 nitrogen and oxygen atoms in total. The summed E-state index contributed by atoms with van der Waals surface area (Å²) in [5.74, 6) is -2.83. The summed E-state index contributed by atoms with van der Waals surface area (Å²) >= 11 is 0. The van der Waals surface area contributed by atoms with Gasteiger partial charge >= 0.3 is 18.0 Å². The van der Waals surface area contributed by atoms with Crippen molar-refractivity contribution in [3.63, 3.8) is 0 Å². The Kier molecular flexibility index (Phi) is 6.93. The zero-order valence-corrected chi connectivity index (χ0v) is 16.9. The van der Waals surface area contributed by atoms with Crippen molar-refractivity contribution in [1.82, 2.24) is 9.13 Å². The maximum atomic E-state index is 12.5. The third-order valence-corrected chi connectivity index (χ3v) is 4.07. The Labute approximate surface area is 173 Å². The lowest BCUT2D eigenvalue weighted by molar-refractivity contribution is -0.274. The molecule has 0 saturated heterocycles. The highest BCUT2D eigenvalue weighted by Crippen LogP contribution is 2.23. The first-order valence-electron chi connectivity index (χ1n) is 8.97. The van der Waals surface area contributed by atoms with Gasteiger partial charge < -0.3 is 15.2 Å². The molecule has 31 heavy (non-hydrogen) atoms. The Morgan fingerprint density at radius 3 is 2.23 bits per heavy atom. The van der Waals surface area contributed by atoms with E-state index in [1.165, 1.54) is 7.05 Å². The molecule has 0 aliphatic carbocycles. The molecule has 0 fully saturated rings. The number of anilines is 1. The minimum absolute atomic E-state index is 0.0115. The summed E-state index contributed by atoms with van der Waals surface area (Å²) in [5.41, 5.74) is 3.61. The molecule has 2 N–H and O–H groups in total. The van der Waals surface area contributed by atoms with Crippen LogP contribution in [-0.2, 0) is 18.3 Å². The minimum Gasteiger partial charge on any atom is -0.454 e. The third kappa shape index (κ3) is 5.74. The predicted molar refractivity (Wildman–Crippen MR) is 103 cm³/mol. The second-order valence-corrected chi connectivity index (χ2v) is 6.98. The van der Waals surface area contributed by atoms with E-state index in [-0.39, 0.29) is 23.8 Å². The molecule has 0 bridgehead atoms. The number of carbonyl (C=O) groups excluding carboxylic acids is 2. The van der Waals surface area contributed by atoms with E-state index < -0.39 is 47.3 Å². The molecule has 0 spiro atoms. The third-order valence-electron chi connectivity index (χ3n) is 4.07. The van der Waals surface area contributed by atoms with Crippen molar-refractivity contribution < 1.29 is 32.2 Å². The van der Waals surface area contributed by atoms with E-state index in [1.807, 2.05) is 13.8 Å². The first-order chi connectivity index (χ1) is 14.3. The number of halogens is 3. The van der Waals surface area contributed by atoms with Crippen molar-refractivity contribution in [2.24, 2.45) is 13.0 Å². The number of alkyl halides is 3. The summed E-state index contributed by atoms with van der Waals surface area (Å²) in [4.78, 5) is 49.2. The summed E-state index contributed by atoms with van der Waals surface area (Å²) in [6.45, 7) is 2.92. The molecular weight excluding hydrogens is 423 g/mol. The van der Waals surface area contributed by atoms with Gasteiger partial charge in [0.2, 0.25) is 5.78 Å². The van der Waals surface area contributed by atoms with Crippen molar-refractivity contribution in [3.05, 3.63) is 56.2 Å². The molecule has 168 valence electrons. The molecule has 0 unspecified atom stereocenters. The first kappa shape index (κ1) is 23.7. The normalized spacial score (nSPS) is 11.5. The minimum atomic E-state index is -4.88. The van der Waals surface area contributed by atoms with E-state index in [9.17, 15) is 32.3 Å². The molecule has 0 aliphatic rings. The van der Waals surface area contributed by atoms with Crippen LogP contribution in [0.25, 0.3) is 0 Å². The summed E-state index contributed by atoms with van der Waals surface area (Å²) in [6.07, 6.45) is -4.88. The van der Waals surface area contributed by atoms with Crippen molar-refractivity contribution in [1.29, 1.82) is 0 Å². The quantitative estimate of drug-likeness (QED) is 0.511. The van der Waals surface area contributed by atoms with Crippen LogP contribution in [0.3, 0.4) is 0 Å². The lowest BCUT2D eigenvalue weighted by atomic mass is 10.1. The van der Waals surface area contributed by atoms with Crippen LogP contribution >= 0.6 is 0 Å². The number of Topliss-reactive ketones (excluding diaryl/α,β-unsaturated/α-hetero) is 1. The van der Waals surface area contributed by atoms with Gasteiger partial charge in [-0.25, -0.2) is 9.59 Å². The number of nitrogen functional groups attached to an aromatic ring is 1. The maximum Gasteiger partial charge on any atom is 0.573 e. The summed E-state index contributed by atoms with van der Waals surface area (Å²) in [5, 5.41) is 0. The van der Waals surface area contributed by atoms with E-state index in [0.29, 0.717) is 0 Å². The topological polar surface area (TPSA) is 123 Å². The monoisotopic (exact) mass is 443 g/mol. The molecule has 0 saturated carbocycles. The van der Waals surface area contributed by atoms with Crippen LogP contribution in [0.15, 0.2) is 33.9 Å². The Morgan fingerprint density at radius 1 is 1.13 bits per heavy atom. The predicted octanol–water partition coefficient (Wildman–Crippen LogP) is 1.72. The SMILES string of the molecule is CC(C)Cn1c(N)c(C(=O)COC(=O)c2ccc(OC(F)(F)F)cc2)c(=O)n(C)c1=O. The van der Waals surface area contributed by atoms with Crippen molar-refractivity contribution in [2.75, 3.05) is 12.3 Å². The lowest BCUT2D eigenvalue weighted by Gasteiger charge is -2.16. The van der Waals surface area contributed by atoms with Gasteiger partial charge in [0.15, 0.2) is 6.61 Å². The second kappa shape index (κ2) is 9.06. The number of benzene rings is 1. The fourth-order valence-electron chi connectivity index (χ4n) is 2.67. The maximum absolute atomic E-state index is 12.5. The highest BCUT2D eigenvalue weighted by Gasteiger charge is 2.31. The smallest absolute Gasteiger partial charge is 0.454 e. The highest BCUT2D eigenvalue weighted by atomic mass is 19.4. The average Bonchev–Trinajstić information content (AvgIpc) is 2.67. The number of aromatic nitrogens is 2. The zero-order chi connectivity index (χ0) is 23.5. The number of carbonyl (C=O) groups is 2. The molecule has 0 radical (unpaired) electrons. The average molecular weight is 443 g/mol. The molecular formula is C19H20F3N3O6. The van der Waals surface area contributed by atoms with E-state index in [1.54, 1.807) is 0 Å². The molecule has 1 heterocycles. The molecule has 0 aliphatic heterocycles. The van der Waals surface area contributed by atoms with Gasteiger partial charge in [0.1, 0.15) is 17.1 Å². The van der Waals surface area contributed by atoms with Crippen LogP contribution in [0.4, 0.5) is 19.0 Å². The number of hydrogen-bond acceptors (Lipinski definition) is 7. The second-order valence-electron chi connectivity index (χ2n) is 6.98. The van der Waals surface area contributed by atoms with Gasteiger partial charge in [-0.3, -0.25) is 18.7 Å². The van der Waals surface area contributed by atoms with Crippen LogP contribution in [0.2, 0.25) is 0 Å². The van der Waals surface area contributed by atoms with Gasteiger partial charge in [-0.2, -0.15) is 0 Å². The summed E-state index contributed by atoms with van der Waals surface area (Å²) in [7, 11) is 1.19. The van der Waals surface area contributed by atoms with E-state index in [4.69, 9.17) is 10.5 Å². The van der Waals surface area contributed by atoms with Crippen molar-refractivity contribution in [2.45, 2.75) is 26.8 Å². The number of ether oxygens (including phenoxy) is 2. The number of esters is 1. The van der Waals surface area contributed by atoms with Crippen LogP contribution in [0.1, 0.15) is 34.6 Å². The first-order valence-corrected chi connectivity index (χ1v) is 8.97. The molecule has 0 atom stereocenters. The molecule has 0 amide bonds. The number of hydrogen-bond donors (Lipinski definition) is 1. The van der Waals surface area contributed by atoms with E-state index >= 15 is 0 Å². The lowest BCUT2D eigenvalue weighted by Crippen LogP contribution is -2.43. The Balaban J connectivity index is 2.19. The summed E-state index contributed by atoms with van der Waals surface area (Å²) in [6, 6.07) is 3.84. The van der Waals surface area contributed by atoms with Crippen molar-refractivity contribution in [3.8, 4) is 5.75 Å². The Morgan fingerprint density at radius 2 is 1.71 bits per heavy atom. The van der Waals surface area contributed by atoms with Gasteiger partial charge in [-0.05, 0) is 30.2 Å². The van der Waals surface area contributed by atoms with Crippen molar-refractivity contribution >= 4 is 17.6 Å². The van der Waals surface area contributed by atoms with Gasteiger partial charge in [0, 0.05) is 13.6 Å². The molecule has 2 rings (SSSR count). The zero-order valence-electron chi connectivity index (χ0n) is 16.9. The standard InChI is InChI=1S/C19H20F3N3O6/c1-10(2)8-25-15(23)14(16(27)24(3)18(25)29)13(26)9-30-17(28)11-4-6-12(7-5-11)31-19(20,21)22/h4-7,10H,8-9,23H2,1-3H3. The van der Waals surface area contributed by atoms with Crippen LogP contribution in [0.5, 0.6) is 5.75 Å². The van der Waals surface area contributed by atoms with Gasteiger partial charge in [0.25, 0.3) is 5.56 Å². The largest absolute Gasteiger partial charge is 0.573 e. The van der Waals surface area contributed by atoms with Gasteiger partial charge in [-0.1, -0.05) is 13.8 Å². The number of rotatable bonds is 7. The molecule has 12 heteroatoms. The van der Waals surface area contributed by atoms with Gasteiger partial charge in [0.05, 0.1) is 5.56 Å². The van der Waals surface area contributed by atoms with Gasteiger partial charge in [-0.15, -0.1) is 13.2 Å². The van der Waals surface area contributed by atoms with E-state index in [2.05, 4.69) is 4.74 Å². The molecule has 2 aromatic rings. The summed E-state index contributed by atoms with van der Waals surface area (Å²) < 4.78 is 46.9. The van der Waals surface area contributed by atoms with Crippen LogP contribution in [-0.4, -0.2) is 33.9 Å². The fourth-order valence-corrected chi connectivity index (χ4v) is 2.67. The van der Waals surface area contributed by atoms with E-state index in [0.717, 1.165) is 33.4 Å². The van der Waals surface area contributed by atoms with Crippen LogP contribution < -0.4 is 21.7 Å². The van der Waals surface area contributed by atoms with Crippen LogP contribution in [0, 0.1) is 5.92 Å². The highest BCUT2D eigenvalue weighted by molar-refractivity contribution is 6.02. The molecule has 1 aromatic carbocycles. The Hall–Kier alpha value is -3.57. The fraction of sp³-hybridized carbons (Fsp3) is 0.368. The number of nitrogens with two attached hydrogens (primary N) is 1. The molecule has 1 aromatic heterocycles.